The molecule has 0 heterocycles. The summed E-state index contributed by atoms with van der Waals surface area (Å²) in [5.74, 6) is -1.56. The molecule has 1 aromatic rings. The molecule has 1 rings (SSSR count). The highest BCUT2D eigenvalue weighted by Crippen LogP contribution is 2.28. The maximum absolute atomic E-state index is 11.3. The van der Waals surface area contributed by atoms with Crippen molar-refractivity contribution in [1.29, 1.82) is 0 Å². The molecule has 5 heteroatoms. The number of methoxy groups -OCH3 is 1. The lowest BCUT2D eigenvalue weighted by atomic mass is 9.82. The van der Waals surface area contributed by atoms with Gasteiger partial charge in [-0.2, -0.15) is 0 Å². The Hall–Kier alpha value is -2.04. The molecule has 0 saturated carbocycles. The molecular formula is C12H15NO4. The van der Waals surface area contributed by atoms with Crippen LogP contribution >= 0.6 is 0 Å². The first-order chi connectivity index (χ1) is 7.91. The highest BCUT2D eigenvalue weighted by Gasteiger charge is 2.40. The fraction of sp³-hybridized carbons (Fsp3) is 0.333. The third kappa shape index (κ3) is 2.55. The Morgan fingerprint density at radius 3 is 2.47 bits per heavy atom. The smallest absolute Gasteiger partial charge is 0.319 e. The standard InChI is InChI=1S/C12H15NO4/c1-12(10(13)14,11(15)16)7-8-5-3-4-6-9(8)17-2/h3-6H,7H2,1-2H3,(H2,13,14)(H,15,16). The number of ether oxygens (including phenoxy) is 1. The molecule has 1 atom stereocenters. The Bertz CT molecular complexity index is 428. The molecule has 1 unspecified atom stereocenters. The van der Waals surface area contributed by atoms with E-state index >= 15 is 0 Å². The highest BCUT2D eigenvalue weighted by atomic mass is 16.5. The van der Waals surface area contributed by atoms with Gasteiger partial charge in [0, 0.05) is 6.42 Å². The fourth-order valence-electron chi connectivity index (χ4n) is 1.50. The lowest BCUT2D eigenvalue weighted by Gasteiger charge is -2.21. The Labute approximate surface area is 99.2 Å². The van der Waals surface area contributed by atoms with Crippen molar-refractivity contribution in [3.63, 3.8) is 0 Å². The van der Waals surface area contributed by atoms with Gasteiger partial charge < -0.3 is 15.6 Å². The van der Waals surface area contributed by atoms with Crippen LogP contribution in [0.15, 0.2) is 24.3 Å². The number of aliphatic carboxylic acids is 1. The van der Waals surface area contributed by atoms with Crippen LogP contribution in [0.1, 0.15) is 12.5 Å². The first-order valence-electron chi connectivity index (χ1n) is 5.07. The zero-order valence-corrected chi connectivity index (χ0v) is 9.77. The molecule has 0 radical (unpaired) electrons. The molecule has 0 fully saturated rings. The van der Waals surface area contributed by atoms with E-state index in [9.17, 15) is 9.59 Å². The minimum absolute atomic E-state index is 0.00167. The van der Waals surface area contributed by atoms with Gasteiger partial charge in [-0.1, -0.05) is 18.2 Å². The van der Waals surface area contributed by atoms with Gasteiger partial charge in [0.15, 0.2) is 0 Å². The number of carbonyl (C=O) groups excluding carboxylic acids is 1. The molecule has 0 aliphatic carbocycles. The van der Waals surface area contributed by atoms with Crippen LogP contribution in [-0.4, -0.2) is 24.1 Å². The summed E-state index contributed by atoms with van der Waals surface area (Å²) in [6, 6.07) is 6.94. The van der Waals surface area contributed by atoms with Crippen LogP contribution in [0, 0.1) is 5.41 Å². The molecule has 17 heavy (non-hydrogen) atoms. The number of carboxylic acid groups (broad SMARTS) is 1. The zero-order valence-electron chi connectivity index (χ0n) is 9.77. The molecule has 1 aromatic carbocycles. The Morgan fingerprint density at radius 2 is 2.00 bits per heavy atom. The third-order valence-electron chi connectivity index (χ3n) is 2.75. The summed E-state index contributed by atoms with van der Waals surface area (Å²) >= 11 is 0. The van der Waals surface area contributed by atoms with Gasteiger partial charge in [0.2, 0.25) is 5.91 Å². The predicted octanol–water partition coefficient (Wildman–Crippen LogP) is 0.814. The van der Waals surface area contributed by atoms with Crippen LogP contribution in [-0.2, 0) is 16.0 Å². The molecule has 0 aliphatic rings. The summed E-state index contributed by atoms with van der Waals surface area (Å²) in [4.78, 5) is 22.4. The van der Waals surface area contributed by atoms with Crippen molar-refractivity contribution in [2.75, 3.05) is 7.11 Å². The van der Waals surface area contributed by atoms with E-state index in [1.807, 2.05) is 0 Å². The average Bonchev–Trinajstić information content (AvgIpc) is 2.29. The maximum Gasteiger partial charge on any atom is 0.319 e. The lowest BCUT2D eigenvalue weighted by molar-refractivity contribution is -0.153. The highest BCUT2D eigenvalue weighted by molar-refractivity contribution is 6.01. The van der Waals surface area contributed by atoms with Crippen molar-refractivity contribution >= 4 is 11.9 Å². The van der Waals surface area contributed by atoms with Gasteiger partial charge in [-0.15, -0.1) is 0 Å². The van der Waals surface area contributed by atoms with E-state index < -0.39 is 17.3 Å². The number of para-hydroxylation sites is 1. The number of nitrogens with two attached hydrogens (primary N) is 1. The Morgan fingerprint density at radius 1 is 1.41 bits per heavy atom. The van der Waals surface area contributed by atoms with E-state index in [1.54, 1.807) is 24.3 Å². The molecule has 1 amide bonds. The van der Waals surface area contributed by atoms with E-state index in [1.165, 1.54) is 14.0 Å². The van der Waals surface area contributed by atoms with Crippen LogP contribution in [0.5, 0.6) is 5.75 Å². The van der Waals surface area contributed by atoms with Crippen LogP contribution in [0.3, 0.4) is 0 Å². The lowest BCUT2D eigenvalue weighted by Crippen LogP contribution is -2.43. The second kappa shape index (κ2) is 4.86. The number of primary amides is 1. The van der Waals surface area contributed by atoms with Gasteiger partial charge in [0.25, 0.3) is 0 Å². The van der Waals surface area contributed by atoms with Crippen LogP contribution < -0.4 is 10.5 Å². The zero-order chi connectivity index (χ0) is 13.1. The SMILES string of the molecule is COc1ccccc1CC(C)(C(N)=O)C(=O)O. The number of carbonyl (C=O) groups is 2. The molecule has 92 valence electrons. The predicted molar refractivity (Wildman–Crippen MR) is 61.6 cm³/mol. The second-order valence-corrected chi connectivity index (χ2v) is 3.99. The van der Waals surface area contributed by atoms with E-state index in [4.69, 9.17) is 15.6 Å². The van der Waals surface area contributed by atoms with E-state index in [0.29, 0.717) is 11.3 Å². The molecule has 0 aliphatic heterocycles. The van der Waals surface area contributed by atoms with Crippen molar-refractivity contribution in [2.45, 2.75) is 13.3 Å². The van der Waals surface area contributed by atoms with Crippen molar-refractivity contribution in [3.8, 4) is 5.75 Å². The second-order valence-electron chi connectivity index (χ2n) is 3.99. The number of amides is 1. The van der Waals surface area contributed by atoms with Crippen LogP contribution in [0.25, 0.3) is 0 Å². The van der Waals surface area contributed by atoms with Gasteiger partial charge in [0.05, 0.1) is 7.11 Å². The summed E-state index contributed by atoms with van der Waals surface area (Å²) in [5.41, 5.74) is 4.16. The fourth-order valence-corrected chi connectivity index (χ4v) is 1.50. The van der Waals surface area contributed by atoms with Crippen LogP contribution in [0.4, 0.5) is 0 Å². The average molecular weight is 237 g/mol. The first kappa shape index (κ1) is 13.0. The van der Waals surface area contributed by atoms with Gasteiger partial charge in [0.1, 0.15) is 11.2 Å². The molecule has 0 saturated heterocycles. The summed E-state index contributed by atoms with van der Waals surface area (Å²) in [5, 5.41) is 9.09. The van der Waals surface area contributed by atoms with Crippen molar-refractivity contribution < 1.29 is 19.4 Å². The number of hydrogen-bond acceptors (Lipinski definition) is 3. The molecule has 0 bridgehead atoms. The molecule has 3 N–H and O–H groups in total. The number of benzene rings is 1. The monoisotopic (exact) mass is 237 g/mol. The number of hydrogen-bond donors (Lipinski definition) is 2. The molecule has 0 spiro atoms. The van der Waals surface area contributed by atoms with Gasteiger partial charge >= 0.3 is 5.97 Å². The molecule has 0 aromatic heterocycles. The normalized spacial score (nSPS) is 13.8. The molecule has 5 nitrogen and oxygen atoms in total. The molecular weight excluding hydrogens is 222 g/mol. The van der Waals surface area contributed by atoms with E-state index in [0.717, 1.165) is 0 Å². The summed E-state index contributed by atoms with van der Waals surface area (Å²) < 4.78 is 5.11. The van der Waals surface area contributed by atoms with Crippen molar-refractivity contribution in [3.05, 3.63) is 29.8 Å². The van der Waals surface area contributed by atoms with Gasteiger partial charge in [-0.25, -0.2) is 0 Å². The third-order valence-corrected chi connectivity index (χ3v) is 2.75. The summed E-state index contributed by atoms with van der Waals surface area (Å²) in [6.07, 6.45) is 0.00167. The van der Waals surface area contributed by atoms with Crippen molar-refractivity contribution in [2.24, 2.45) is 11.1 Å². The Balaban J connectivity index is 3.11. The quantitative estimate of drug-likeness (QED) is 0.742. The van der Waals surface area contributed by atoms with E-state index in [-0.39, 0.29) is 6.42 Å². The minimum Gasteiger partial charge on any atom is -0.496 e. The first-order valence-corrected chi connectivity index (χ1v) is 5.07. The number of rotatable bonds is 5. The van der Waals surface area contributed by atoms with Gasteiger partial charge in [-0.05, 0) is 18.6 Å². The number of carboxylic acids is 1. The van der Waals surface area contributed by atoms with Crippen molar-refractivity contribution in [1.82, 2.24) is 0 Å². The van der Waals surface area contributed by atoms with E-state index in [2.05, 4.69) is 0 Å². The summed E-state index contributed by atoms with van der Waals surface area (Å²) in [6.45, 7) is 1.31. The summed E-state index contributed by atoms with van der Waals surface area (Å²) in [7, 11) is 1.49. The van der Waals surface area contributed by atoms with Gasteiger partial charge in [-0.3, -0.25) is 9.59 Å². The largest absolute Gasteiger partial charge is 0.496 e. The Kier molecular flexibility index (Phi) is 3.73. The minimum atomic E-state index is -1.63. The topological polar surface area (TPSA) is 89.6 Å². The maximum atomic E-state index is 11.3. The van der Waals surface area contributed by atoms with Crippen LogP contribution in [0.2, 0.25) is 0 Å².